The number of benzene rings is 3. The van der Waals surface area contributed by atoms with Crippen LogP contribution in [0.25, 0.3) is 22.1 Å². The Hall–Kier alpha value is -4.46. The first kappa shape index (κ1) is 21.4. The molecule has 0 fully saturated rings. The van der Waals surface area contributed by atoms with Gasteiger partial charge in [0.2, 0.25) is 0 Å². The maximum absolute atomic E-state index is 13.1. The summed E-state index contributed by atoms with van der Waals surface area (Å²) in [6.45, 7) is 0.937. The van der Waals surface area contributed by atoms with Crippen LogP contribution in [0.1, 0.15) is 10.4 Å². The summed E-state index contributed by atoms with van der Waals surface area (Å²) in [6.07, 6.45) is 1.38. The molecule has 1 aromatic heterocycles. The zero-order valence-corrected chi connectivity index (χ0v) is 18.5. The molecular weight excluding hydrogens is 440 g/mol. The van der Waals surface area contributed by atoms with Crippen LogP contribution in [0.4, 0.5) is 0 Å². The molecule has 0 saturated heterocycles. The Morgan fingerprint density at radius 3 is 2.35 bits per heavy atom. The molecule has 8 nitrogen and oxygen atoms in total. The highest BCUT2D eigenvalue weighted by Gasteiger charge is 2.21. The highest BCUT2D eigenvalue weighted by atomic mass is 16.6. The predicted octanol–water partition coefficient (Wildman–Crippen LogP) is 4.47. The van der Waals surface area contributed by atoms with Gasteiger partial charge in [-0.15, -0.1) is 0 Å². The third-order valence-corrected chi connectivity index (χ3v) is 5.44. The molecule has 1 aliphatic rings. The van der Waals surface area contributed by atoms with Crippen molar-refractivity contribution in [2.75, 3.05) is 27.4 Å². The van der Waals surface area contributed by atoms with Crippen LogP contribution in [0.5, 0.6) is 28.7 Å². The van der Waals surface area contributed by atoms with Gasteiger partial charge in [-0.3, -0.25) is 4.79 Å². The monoisotopic (exact) mass is 460 g/mol. The molecule has 8 heteroatoms. The molecule has 0 spiro atoms. The van der Waals surface area contributed by atoms with Gasteiger partial charge in [-0.1, -0.05) is 12.1 Å². The lowest BCUT2D eigenvalue weighted by Crippen LogP contribution is -2.15. The molecule has 172 valence electrons. The average molecular weight is 460 g/mol. The zero-order valence-electron chi connectivity index (χ0n) is 18.5. The summed E-state index contributed by atoms with van der Waals surface area (Å²) in [4.78, 5) is 26.0. The Bertz CT molecular complexity index is 1430. The molecule has 0 atom stereocenters. The smallest absolute Gasteiger partial charge is 0.351 e. The summed E-state index contributed by atoms with van der Waals surface area (Å²) in [6, 6.07) is 14.9. The normalized spacial score (nSPS) is 12.3. The standard InChI is InChI=1S/C26H20O8/c1-29-20-4-3-5-21(30-2)24(20)26(28)34-16-7-8-17-22(13-16)33-14-18(25(17)27)15-6-9-19-23(12-15)32-11-10-31-19/h3-9,12-14H,10-11H2,1-2H3. The van der Waals surface area contributed by atoms with Crippen molar-refractivity contribution in [1.82, 2.24) is 0 Å². The topological polar surface area (TPSA) is 93.4 Å². The minimum absolute atomic E-state index is 0.156. The van der Waals surface area contributed by atoms with Gasteiger partial charge in [0.05, 0.1) is 25.2 Å². The Morgan fingerprint density at radius 1 is 0.882 bits per heavy atom. The molecule has 0 unspecified atom stereocenters. The molecule has 34 heavy (non-hydrogen) atoms. The maximum atomic E-state index is 13.1. The van der Waals surface area contributed by atoms with Crippen LogP contribution >= 0.6 is 0 Å². The largest absolute Gasteiger partial charge is 0.496 e. The third kappa shape index (κ3) is 3.79. The number of hydrogen-bond acceptors (Lipinski definition) is 8. The molecule has 0 saturated carbocycles. The molecule has 0 aliphatic carbocycles. The maximum Gasteiger partial charge on any atom is 0.351 e. The Kier molecular flexibility index (Phi) is 5.55. The summed E-state index contributed by atoms with van der Waals surface area (Å²) in [5.41, 5.74) is 1.25. The molecule has 5 rings (SSSR count). The van der Waals surface area contributed by atoms with E-state index < -0.39 is 5.97 Å². The number of carbonyl (C=O) groups excluding carboxylic acids is 1. The van der Waals surface area contributed by atoms with E-state index in [0.29, 0.717) is 52.7 Å². The van der Waals surface area contributed by atoms with E-state index in [2.05, 4.69) is 0 Å². The second-order valence-corrected chi connectivity index (χ2v) is 7.42. The lowest BCUT2D eigenvalue weighted by atomic mass is 10.0. The quantitative estimate of drug-likeness (QED) is 0.318. The lowest BCUT2D eigenvalue weighted by Gasteiger charge is -2.18. The SMILES string of the molecule is COc1cccc(OC)c1C(=O)Oc1ccc2c(=O)c(-c3ccc4c(c3)OCCO4)coc2c1. The number of fused-ring (bicyclic) bond motifs is 2. The molecule has 2 heterocycles. The third-order valence-electron chi connectivity index (χ3n) is 5.44. The highest BCUT2D eigenvalue weighted by Crippen LogP contribution is 2.34. The Balaban J connectivity index is 1.47. The van der Waals surface area contributed by atoms with Gasteiger partial charge in [-0.05, 0) is 42.0 Å². The molecular formula is C26H20O8. The van der Waals surface area contributed by atoms with Gasteiger partial charge in [-0.2, -0.15) is 0 Å². The first-order valence-electron chi connectivity index (χ1n) is 10.5. The summed E-state index contributed by atoms with van der Waals surface area (Å²) >= 11 is 0. The van der Waals surface area contributed by atoms with Crippen LogP contribution in [0.3, 0.4) is 0 Å². The van der Waals surface area contributed by atoms with E-state index in [1.54, 1.807) is 42.5 Å². The van der Waals surface area contributed by atoms with Crippen LogP contribution < -0.4 is 29.1 Å². The van der Waals surface area contributed by atoms with Gasteiger partial charge in [0.25, 0.3) is 0 Å². The van der Waals surface area contributed by atoms with Gasteiger partial charge in [0, 0.05) is 6.07 Å². The fourth-order valence-corrected chi connectivity index (χ4v) is 3.79. The van der Waals surface area contributed by atoms with Crippen LogP contribution in [-0.2, 0) is 0 Å². The minimum atomic E-state index is -0.663. The van der Waals surface area contributed by atoms with E-state index in [-0.39, 0.29) is 22.3 Å². The van der Waals surface area contributed by atoms with Gasteiger partial charge in [-0.25, -0.2) is 4.79 Å². The molecule has 0 amide bonds. The zero-order chi connectivity index (χ0) is 23.7. The Labute approximate surface area is 194 Å². The summed E-state index contributed by atoms with van der Waals surface area (Å²) < 4.78 is 32.9. The molecule has 1 aliphatic heterocycles. The van der Waals surface area contributed by atoms with Crippen molar-refractivity contribution < 1.29 is 32.9 Å². The molecule has 3 aromatic carbocycles. The first-order chi connectivity index (χ1) is 16.6. The van der Waals surface area contributed by atoms with E-state index in [1.165, 1.54) is 32.6 Å². The van der Waals surface area contributed by atoms with Crippen molar-refractivity contribution in [3.05, 3.63) is 76.6 Å². The number of carbonyl (C=O) groups is 1. The molecule has 0 N–H and O–H groups in total. The van der Waals surface area contributed by atoms with Crippen molar-refractivity contribution >= 4 is 16.9 Å². The molecule has 0 radical (unpaired) electrons. The van der Waals surface area contributed by atoms with Crippen LogP contribution in [-0.4, -0.2) is 33.4 Å². The van der Waals surface area contributed by atoms with E-state index in [9.17, 15) is 9.59 Å². The predicted molar refractivity (Wildman–Crippen MR) is 123 cm³/mol. The van der Waals surface area contributed by atoms with Crippen LogP contribution in [0.15, 0.2) is 70.1 Å². The number of hydrogen-bond donors (Lipinski definition) is 0. The fourth-order valence-electron chi connectivity index (χ4n) is 3.79. The number of esters is 1. The van der Waals surface area contributed by atoms with Crippen molar-refractivity contribution in [2.24, 2.45) is 0 Å². The number of rotatable bonds is 5. The lowest BCUT2D eigenvalue weighted by molar-refractivity contribution is 0.0727. The van der Waals surface area contributed by atoms with Crippen molar-refractivity contribution in [3.8, 4) is 39.9 Å². The van der Waals surface area contributed by atoms with Gasteiger partial charge < -0.3 is 28.1 Å². The van der Waals surface area contributed by atoms with Crippen molar-refractivity contribution in [3.63, 3.8) is 0 Å². The minimum Gasteiger partial charge on any atom is -0.496 e. The molecule has 0 bridgehead atoms. The van der Waals surface area contributed by atoms with Gasteiger partial charge in [0.1, 0.15) is 47.9 Å². The summed E-state index contributed by atoms with van der Waals surface area (Å²) in [7, 11) is 2.91. The van der Waals surface area contributed by atoms with Gasteiger partial charge >= 0.3 is 5.97 Å². The number of ether oxygens (including phenoxy) is 5. The summed E-state index contributed by atoms with van der Waals surface area (Å²) in [5.74, 6) is 1.40. The van der Waals surface area contributed by atoms with E-state index in [0.717, 1.165) is 0 Å². The highest BCUT2D eigenvalue weighted by molar-refractivity contribution is 5.97. The van der Waals surface area contributed by atoms with E-state index in [4.69, 9.17) is 28.1 Å². The second-order valence-electron chi connectivity index (χ2n) is 7.42. The van der Waals surface area contributed by atoms with Gasteiger partial charge in [0.15, 0.2) is 16.9 Å². The average Bonchev–Trinajstić information content (AvgIpc) is 2.88. The van der Waals surface area contributed by atoms with Crippen molar-refractivity contribution in [1.29, 1.82) is 0 Å². The second kappa shape index (κ2) is 8.82. The Morgan fingerprint density at radius 2 is 1.62 bits per heavy atom. The van der Waals surface area contributed by atoms with Crippen LogP contribution in [0.2, 0.25) is 0 Å². The summed E-state index contributed by atoms with van der Waals surface area (Å²) in [5, 5.41) is 0.349. The van der Waals surface area contributed by atoms with E-state index >= 15 is 0 Å². The number of methoxy groups -OCH3 is 2. The van der Waals surface area contributed by atoms with Crippen LogP contribution in [0, 0.1) is 0 Å². The van der Waals surface area contributed by atoms with E-state index in [1.807, 2.05) is 0 Å². The first-order valence-corrected chi connectivity index (χ1v) is 10.5. The molecule has 4 aromatic rings. The van der Waals surface area contributed by atoms with Crippen molar-refractivity contribution in [2.45, 2.75) is 0 Å². The fraction of sp³-hybridized carbons (Fsp3) is 0.154.